The van der Waals surface area contributed by atoms with Gasteiger partial charge in [0.05, 0.1) is 17.3 Å². The van der Waals surface area contributed by atoms with E-state index in [1.807, 2.05) is 12.3 Å². The summed E-state index contributed by atoms with van der Waals surface area (Å²) in [6, 6.07) is 6.36. The van der Waals surface area contributed by atoms with Gasteiger partial charge in [0.1, 0.15) is 5.82 Å². The summed E-state index contributed by atoms with van der Waals surface area (Å²) >= 11 is 1.77. The van der Waals surface area contributed by atoms with Gasteiger partial charge < -0.3 is 5.32 Å². The van der Waals surface area contributed by atoms with Crippen molar-refractivity contribution in [2.45, 2.75) is 6.42 Å². The molecule has 0 radical (unpaired) electrons. The second-order valence-electron chi connectivity index (χ2n) is 3.08. The third-order valence-electron chi connectivity index (χ3n) is 1.94. The van der Waals surface area contributed by atoms with Crippen molar-refractivity contribution < 1.29 is 4.39 Å². The molecule has 0 unspecified atom stereocenters. The number of rotatable bonds is 5. The molecule has 0 aliphatic rings. The van der Waals surface area contributed by atoms with Gasteiger partial charge in [-0.1, -0.05) is 0 Å². The molecule has 1 rings (SSSR count). The van der Waals surface area contributed by atoms with Crippen molar-refractivity contribution in [3.8, 4) is 6.07 Å². The maximum Gasteiger partial charge on any atom is 0.147 e. The van der Waals surface area contributed by atoms with E-state index < -0.39 is 0 Å². The smallest absolute Gasteiger partial charge is 0.147 e. The first-order valence-electron chi connectivity index (χ1n) is 4.70. The van der Waals surface area contributed by atoms with Gasteiger partial charge >= 0.3 is 0 Å². The maximum atomic E-state index is 13.3. The van der Waals surface area contributed by atoms with Crippen molar-refractivity contribution >= 4 is 17.4 Å². The summed E-state index contributed by atoms with van der Waals surface area (Å²) in [7, 11) is 0. The summed E-state index contributed by atoms with van der Waals surface area (Å²) in [5.41, 5.74) is 0.817. The van der Waals surface area contributed by atoms with Crippen LogP contribution in [0.2, 0.25) is 0 Å². The molecule has 0 atom stereocenters. The van der Waals surface area contributed by atoms with Crippen LogP contribution in [-0.4, -0.2) is 18.6 Å². The van der Waals surface area contributed by atoms with Crippen LogP contribution in [0, 0.1) is 17.1 Å². The molecule has 1 aromatic carbocycles. The molecule has 4 heteroatoms. The molecular formula is C11H13FN2S. The molecule has 0 aliphatic carbocycles. The van der Waals surface area contributed by atoms with Crippen molar-refractivity contribution in [2.24, 2.45) is 0 Å². The van der Waals surface area contributed by atoms with Crippen molar-refractivity contribution in [1.82, 2.24) is 0 Å². The summed E-state index contributed by atoms with van der Waals surface area (Å²) in [5, 5.41) is 11.6. The molecule has 2 nitrogen and oxygen atoms in total. The maximum absolute atomic E-state index is 13.3. The molecule has 1 N–H and O–H groups in total. The highest BCUT2D eigenvalue weighted by Gasteiger charge is 2.01. The lowest BCUT2D eigenvalue weighted by molar-refractivity contribution is 0.629. The van der Waals surface area contributed by atoms with Gasteiger partial charge in [0.2, 0.25) is 0 Å². The molecule has 0 fully saturated rings. The SMILES string of the molecule is CSCCCNc1ccc(C#N)cc1F. The van der Waals surface area contributed by atoms with Gasteiger partial charge in [0, 0.05) is 6.54 Å². The Balaban J connectivity index is 2.52. The standard InChI is InChI=1S/C11H13FN2S/c1-15-6-2-5-14-11-4-3-9(8-13)7-10(11)12/h3-4,7,14H,2,5-6H2,1H3. The molecule has 15 heavy (non-hydrogen) atoms. The van der Waals surface area contributed by atoms with Gasteiger partial charge in [0.25, 0.3) is 0 Å². The number of halogens is 1. The molecule has 0 saturated heterocycles. The summed E-state index contributed by atoms with van der Waals surface area (Å²) in [5.74, 6) is 0.698. The molecule has 0 aromatic heterocycles. The van der Waals surface area contributed by atoms with Gasteiger partial charge in [-0.2, -0.15) is 17.0 Å². The Kier molecular flexibility index (Phi) is 4.99. The summed E-state index contributed by atoms with van der Waals surface area (Å²) in [4.78, 5) is 0. The predicted molar refractivity (Wildman–Crippen MR) is 62.6 cm³/mol. The Hall–Kier alpha value is -1.21. The minimum atomic E-state index is -0.363. The number of anilines is 1. The van der Waals surface area contributed by atoms with Crippen molar-refractivity contribution in [3.63, 3.8) is 0 Å². The topological polar surface area (TPSA) is 35.8 Å². The zero-order valence-corrected chi connectivity index (χ0v) is 9.40. The monoisotopic (exact) mass is 224 g/mol. The molecule has 0 heterocycles. The second kappa shape index (κ2) is 6.31. The van der Waals surface area contributed by atoms with Gasteiger partial charge in [-0.05, 0) is 36.6 Å². The first-order chi connectivity index (χ1) is 7.27. The molecule has 0 bridgehead atoms. The normalized spacial score (nSPS) is 9.67. The van der Waals surface area contributed by atoms with E-state index >= 15 is 0 Å². The molecule has 1 aromatic rings. The average Bonchev–Trinajstić information content (AvgIpc) is 2.26. The Morgan fingerprint density at radius 1 is 1.53 bits per heavy atom. The van der Waals surface area contributed by atoms with E-state index in [1.165, 1.54) is 6.07 Å². The number of thioether (sulfide) groups is 1. The summed E-state index contributed by atoms with van der Waals surface area (Å²) in [6.07, 6.45) is 3.04. The van der Waals surface area contributed by atoms with Crippen LogP contribution in [0.15, 0.2) is 18.2 Å². The Labute approximate surface area is 93.5 Å². The Morgan fingerprint density at radius 2 is 2.33 bits per heavy atom. The number of benzene rings is 1. The van der Waals surface area contributed by atoms with E-state index in [0.29, 0.717) is 11.3 Å². The highest BCUT2D eigenvalue weighted by atomic mass is 32.2. The minimum absolute atomic E-state index is 0.349. The van der Waals surface area contributed by atoms with E-state index in [4.69, 9.17) is 5.26 Å². The first-order valence-corrected chi connectivity index (χ1v) is 6.09. The van der Waals surface area contributed by atoms with E-state index in [9.17, 15) is 4.39 Å². The van der Waals surface area contributed by atoms with Crippen LogP contribution in [0.4, 0.5) is 10.1 Å². The Bertz CT molecular complexity index is 360. The van der Waals surface area contributed by atoms with Crippen LogP contribution >= 0.6 is 11.8 Å². The molecule has 80 valence electrons. The lowest BCUT2D eigenvalue weighted by Crippen LogP contribution is -2.04. The van der Waals surface area contributed by atoms with E-state index in [0.717, 1.165) is 18.7 Å². The lowest BCUT2D eigenvalue weighted by atomic mass is 10.2. The van der Waals surface area contributed by atoms with E-state index in [-0.39, 0.29) is 5.82 Å². The highest BCUT2D eigenvalue weighted by Crippen LogP contribution is 2.15. The molecule has 0 spiro atoms. The molecule has 0 saturated carbocycles. The van der Waals surface area contributed by atoms with Gasteiger partial charge in [-0.15, -0.1) is 0 Å². The number of nitriles is 1. The van der Waals surface area contributed by atoms with Crippen LogP contribution < -0.4 is 5.32 Å². The number of nitrogens with one attached hydrogen (secondary N) is 1. The molecular weight excluding hydrogens is 211 g/mol. The fourth-order valence-electron chi connectivity index (χ4n) is 1.17. The highest BCUT2D eigenvalue weighted by molar-refractivity contribution is 7.98. The summed E-state index contributed by atoms with van der Waals surface area (Å²) < 4.78 is 13.3. The lowest BCUT2D eigenvalue weighted by Gasteiger charge is -2.06. The average molecular weight is 224 g/mol. The zero-order chi connectivity index (χ0) is 11.1. The van der Waals surface area contributed by atoms with Gasteiger partial charge in [0.15, 0.2) is 0 Å². The Morgan fingerprint density at radius 3 is 2.93 bits per heavy atom. The van der Waals surface area contributed by atoms with Crippen molar-refractivity contribution in [2.75, 3.05) is 23.9 Å². The van der Waals surface area contributed by atoms with Crippen molar-refractivity contribution in [1.29, 1.82) is 5.26 Å². The fraction of sp³-hybridized carbons (Fsp3) is 0.364. The third kappa shape index (κ3) is 3.80. The second-order valence-corrected chi connectivity index (χ2v) is 4.07. The third-order valence-corrected chi connectivity index (χ3v) is 2.64. The molecule has 0 amide bonds. The van der Waals surface area contributed by atoms with Crippen LogP contribution in [0.3, 0.4) is 0 Å². The molecule has 0 aliphatic heterocycles. The zero-order valence-electron chi connectivity index (χ0n) is 8.59. The quantitative estimate of drug-likeness (QED) is 0.781. The predicted octanol–water partition coefficient (Wildman–Crippen LogP) is 2.86. The van der Waals surface area contributed by atoms with Crippen LogP contribution in [-0.2, 0) is 0 Å². The first kappa shape index (κ1) is 11.9. The summed E-state index contributed by atoms with van der Waals surface area (Å²) in [6.45, 7) is 0.754. The minimum Gasteiger partial charge on any atom is -0.383 e. The largest absolute Gasteiger partial charge is 0.383 e. The fourth-order valence-corrected chi connectivity index (χ4v) is 1.60. The van der Waals surface area contributed by atoms with E-state index in [1.54, 1.807) is 23.9 Å². The van der Waals surface area contributed by atoms with Crippen LogP contribution in [0.25, 0.3) is 0 Å². The van der Waals surface area contributed by atoms with Crippen molar-refractivity contribution in [3.05, 3.63) is 29.6 Å². The van der Waals surface area contributed by atoms with E-state index in [2.05, 4.69) is 5.32 Å². The number of hydrogen-bond donors (Lipinski definition) is 1. The van der Waals surface area contributed by atoms with Gasteiger partial charge in [-0.3, -0.25) is 0 Å². The van der Waals surface area contributed by atoms with Crippen LogP contribution in [0.5, 0.6) is 0 Å². The van der Waals surface area contributed by atoms with Crippen LogP contribution in [0.1, 0.15) is 12.0 Å². The van der Waals surface area contributed by atoms with Gasteiger partial charge in [-0.25, -0.2) is 4.39 Å². The number of nitrogens with zero attached hydrogens (tertiary/aromatic N) is 1. The number of hydrogen-bond acceptors (Lipinski definition) is 3.